The van der Waals surface area contributed by atoms with Crippen LogP contribution in [0.25, 0.3) is 0 Å². The summed E-state index contributed by atoms with van der Waals surface area (Å²) in [5.41, 5.74) is 1.30. The molecule has 3 amide bonds. The first-order chi connectivity index (χ1) is 11.9. The van der Waals surface area contributed by atoms with Crippen molar-refractivity contribution in [2.45, 2.75) is 51.1 Å². The van der Waals surface area contributed by atoms with Gasteiger partial charge in [0, 0.05) is 23.3 Å². The van der Waals surface area contributed by atoms with E-state index in [1.807, 2.05) is 21.0 Å². The van der Waals surface area contributed by atoms with E-state index in [0.717, 1.165) is 25.8 Å². The van der Waals surface area contributed by atoms with Crippen LogP contribution in [0, 0.1) is 0 Å². The molecule has 1 aromatic carbocycles. The fourth-order valence-corrected chi connectivity index (χ4v) is 2.96. The predicted octanol–water partition coefficient (Wildman–Crippen LogP) is 2.82. The maximum Gasteiger partial charge on any atom is 0.319 e. The average Bonchev–Trinajstić information content (AvgIpc) is 3.06. The Morgan fingerprint density at radius 1 is 1.16 bits per heavy atom. The number of benzene rings is 1. The SMILES string of the molecule is C[C@@H](CCN(C)C)NC(=O)Nc1ccc(C(=O)NC2CCCC2)cc1. The van der Waals surface area contributed by atoms with Gasteiger partial charge in [0.1, 0.15) is 0 Å². The van der Waals surface area contributed by atoms with Crippen molar-refractivity contribution in [3.63, 3.8) is 0 Å². The summed E-state index contributed by atoms with van der Waals surface area (Å²) in [6, 6.07) is 7.18. The number of hydrogen-bond acceptors (Lipinski definition) is 3. The number of amides is 3. The van der Waals surface area contributed by atoms with E-state index in [1.165, 1.54) is 12.8 Å². The number of nitrogens with one attached hydrogen (secondary N) is 3. The molecule has 6 heteroatoms. The highest BCUT2D eigenvalue weighted by molar-refractivity contribution is 5.95. The molecule has 1 aliphatic carbocycles. The molecule has 0 spiro atoms. The second-order valence-corrected chi connectivity index (χ2v) is 7.12. The summed E-state index contributed by atoms with van der Waals surface area (Å²) in [6.45, 7) is 2.91. The Kier molecular flexibility index (Phi) is 7.25. The maximum absolute atomic E-state index is 12.2. The van der Waals surface area contributed by atoms with Crippen molar-refractivity contribution in [3.05, 3.63) is 29.8 Å². The van der Waals surface area contributed by atoms with Crippen LogP contribution in [0.2, 0.25) is 0 Å². The molecule has 1 aromatic rings. The van der Waals surface area contributed by atoms with Crippen LogP contribution in [-0.2, 0) is 0 Å². The van der Waals surface area contributed by atoms with Gasteiger partial charge >= 0.3 is 6.03 Å². The Hall–Kier alpha value is -2.08. The van der Waals surface area contributed by atoms with Crippen molar-refractivity contribution in [2.75, 3.05) is 26.0 Å². The van der Waals surface area contributed by atoms with E-state index in [-0.39, 0.29) is 18.0 Å². The van der Waals surface area contributed by atoms with Crippen molar-refractivity contribution in [3.8, 4) is 0 Å². The molecule has 138 valence electrons. The van der Waals surface area contributed by atoms with Gasteiger partial charge in [0.25, 0.3) is 5.91 Å². The van der Waals surface area contributed by atoms with Crippen molar-refractivity contribution < 1.29 is 9.59 Å². The molecule has 25 heavy (non-hydrogen) atoms. The third-order valence-electron chi connectivity index (χ3n) is 4.48. The second kappa shape index (κ2) is 9.42. The van der Waals surface area contributed by atoms with E-state index in [0.29, 0.717) is 17.3 Å². The van der Waals surface area contributed by atoms with E-state index in [9.17, 15) is 9.59 Å². The van der Waals surface area contributed by atoms with Crippen LogP contribution < -0.4 is 16.0 Å². The smallest absolute Gasteiger partial charge is 0.319 e. The lowest BCUT2D eigenvalue weighted by atomic mass is 10.1. The van der Waals surface area contributed by atoms with E-state index in [4.69, 9.17) is 0 Å². The minimum atomic E-state index is -0.227. The van der Waals surface area contributed by atoms with Crippen LogP contribution in [0.3, 0.4) is 0 Å². The van der Waals surface area contributed by atoms with Gasteiger partial charge in [0.05, 0.1) is 0 Å². The van der Waals surface area contributed by atoms with Gasteiger partial charge in [-0.2, -0.15) is 0 Å². The number of nitrogens with zero attached hydrogens (tertiary/aromatic N) is 1. The van der Waals surface area contributed by atoms with Crippen LogP contribution in [0.5, 0.6) is 0 Å². The van der Waals surface area contributed by atoms with Crippen LogP contribution >= 0.6 is 0 Å². The van der Waals surface area contributed by atoms with E-state index >= 15 is 0 Å². The summed E-state index contributed by atoms with van der Waals surface area (Å²) >= 11 is 0. The van der Waals surface area contributed by atoms with Crippen molar-refractivity contribution in [2.24, 2.45) is 0 Å². The maximum atomic E-state index is 12.2. The van der Waals surface area contributed by atoms with Gasteiger partial charge in [-0.1, -0.05) is 12.8 Å². The Morgan fingerprint density at radius 3 is 2.40 bits per heavy atom. The topological polar surface area (TPSA) is 73.5 Å². The monoisotopic (exact) mass is 346 g/mol. The lowest BCUT2D eigenvalue weighted by Gasteiger charge is -2.17. The number of rotatable bonds is 7. The summed E-state index contributed by atoms with van der Waals surface area (Å²) in [5, 5.41) is 8.78. The lowest BCUT2D eigenvalue weighted by molar-refractivity contribution is 0.0938. The number of hydrogen-bond donors (Lipinski definition) is 3. The molecular formula is C19H30N4O2. The fourth-order valence-electron chi connectivity index (χ4n) is 2.96. The number of anilines is 1. The van der Waals surface area contributed by atoms with Crippen LogP contribution in [-0.4, -0.2) is 49.6 Å². The third kappa shape index (κ3) is 6.74. The van der Waals surface area contributed by atoms with Gasteiger partial charge in [-0.05, 0) is 71.1 Å². The third-order valence-corrected chi connectivity index (χ3v) is 4.48. The molecule has 0 heterocycles. The Bertz CT molecular complexity index is 565. The predicted molar refractivity (Wildman–Crippen MR) is 101 cm³/mol. The average molecular weight is 346 g/mol. The van der Waals surface area contributed by atoms with E-state index in [2.05, 4.69) is 20.9 Å². The van der Waals surface area contributed by atoms with Gasteiger partial charge < -0.3 is 20.9 Å². The molecule has 1 fully saturated rings. The zero-order valence-corrected chi connectivity index (χ0v) is 15.5. The van der Waals surface area contributed by atoms with Crippen molar-refractivity contribution in [1.82, 2.24) is 15.5 Å². The largest absolute Gasteiger partial charge is 0.349 e. The highest BCUT2D eigenvalue weighted by Gasteiger charge is 2.17. The highest BCUT2D eigenvalue weighted by atomic mass is 16.2. The molecule has 0 radical (unpaired) electrons. The molecule has 0 saturated heterocycles. The Morgan fingerprint density at radius 2 is 1.80 bits per heavy atom. The first-order valence-electron chi connectivity index (χ1n) is 9.07. The van der Waals surface area contributed by atoms with Crippen LogP contribution in [0.4, 0.5) is 10.5 Å². The number of urea groups is 1. The first-order valence-corrected chi connectivity index (χ1v) is 9.07. The summed E-state index contributed by atoms with van der Waals surface area (Å²) in [4.78, 5) is 26.3. The molecule has 2 rings (SSSR count). The molecule has 1 aliphatic rings. The zero-order valence-electron chi connectivity index (χ0n) is 15.5. The van der Waals surface area contributed by atoms with Gasteiger partial charge in [-0.15, -0.1) is 0 Å². The molecule has 0 aliphatic heterocycles. The van der Waals surface area contributed by atoms with Crippen LogP contribution in [0.15, 0.2) is 24.3 Å². The molecule has 1 saturated carbocycles. The molecule has 3 N–H and O–H groups in total. The Labute approximate surface area is 150 Å². The van der Waals surface area contributed by atoms with Gasteiger partial charge in [-0.3, -0.25) is 4.79 Å². The molecule has 1 atom stereocenters. The highest BCUT2D eigenvalue weighted by Crippen LogP contribution is 2.18. The van der Waals surface area contributed by atoms with Crippen molar-refractivity contribution >= 4 is 17.6 Å². The molecule has 0 unspecified atom stereocenters. The summed E-state index contributed by atoms with van der Waals surface area (Å²) in [5.74, 6) is -0.0415. The zero-order chi connectivity index (χ0) is 18.2. The standard InChI is InChI=1S/C19H30N4O2/c1-14(12-13-23(2)3)20-19(25)22-17-10-8-15(9-11-17)18(24)21-16-6-4-5-7-16/h8-11,14,16H,4-7,12-13H2,1-3H3,(H,21,24)(H2,20,22,25)/t14-/m0/s1. The van der Waals surface area contributed by atoms with Gasteiger partial charge in [0.15, 0.2) is 0 Å². The fraction of sp³-hybridized carbons (Fsp3) is 0.579. The molecule has 0 aromatic heterocycles. The lowest BCUT2D eigenvalue weighted by Crippen LogP contribution is -2.37. The summed E-state index contributed by atoms with van der Waals surface area (Å²) in [6.07, 6.45) is 5.40. The molecule has 0 bridgehead atoms. The number of carbonyl (C=O) groups excluding carboxylic acids is 2. The Balaban J connectivity index is 1.78. The first kappa shape index (κ1) is 19.2. The second-order valence-electron chi connectivity index (χ2n) is 7.12. The molecule has 6 nitrogen and oxygen atoms in total. The van der Waals surface area contributed by atoms with Gasteiger partial charge in [-0.25, -0.2) is 4.79 Å². The van der Waals surface area contributed by atoms with Crippen molar-refractivity contribution in [1.29, 1.82) is 0 Å². The van der Waals surface area contributed by atoms with Gasteiger partial charge in [0.2, 0.25) is 0 Å². The number of carbonyl (C=O) groups is 2. The van der Waals surface area contributed by atoms with E-state index < -0.39 is 0 Å². The normalized spacial score (nSPS) is 15.8. The molecular weight excluding hydrogens is 316 g/mol. The summed E-state index contributed by atoms with van der Waals surface area (Å²) < 4.78 is 0. The quantitative estimate of drug-likeness (QED) is 0.711. The minimum absolute atomic E-state index is 0.0415. The van der Waals surface area contributed by atoms with E-state index in [1.54, 1.807) is 24.3 Å². The minimum Gasteiger partial charge on any atom is -0.349 e. The van der Waals surface area contributed by atoms with Crippen LogP contribution in [0.1, 0.15) is 49.4 Å². The summed E-state index contributed by atoms with van der Waals surface area (Å²) in [7, 11) is 4.02.